The minimum atomic E-state index is -0.176. The Morgan fingerprint density at radius 1 is 0.500 bits per heavy atom. The van der Waals surface area contributed by atoms with Gasteiger partial charge in [0.1, 0.15) is 0 Å². The van der Waals surface area contributed by atoms with Crippen molar-refractivity contribution in [1.29, 1.82) is 0 Å². The van der Waals surface area contributed by atoms with Gasteiger partial charge in [0, 0.05) is 67.2 Å². The van der Waals surface area contributed by atoms with Crippen molar-refractivity contribution in [3.8, 4) is 39.1 Å². The van der Waals surface area contributed by atoms with Crippen molar-refractivity contribution >= 4 is 99.9 Å². The fraction of sp³-hybridized carbons (Fsp3) is 0.0526. The van der Waals surface area contributed by atoms with Crippen LogP contribution in [-0.4, -0.2) is 11.3 Å². The van der Waals surface area contributed by atoms with Crippen LogP contribution in [-0.2, 0) is 5.41 Å². The zero-order chi connectivity index (χ0) is 40.8. The van der Waals surface area contributed by atoms with Gasteiger partial charge in [-0.25, -0.2) is 0 Å². The molecule has 1 nitrogen and oxygen atoms in total. The van der Waals surface area contributed by atoms with Crippen molar-refractivity contribution in [3.63, 3.8) is 0 Å². The molecule has 0 fully saturated rings. The van der Waals surface area contributed by atoms with E-state index in [2.05, 4.69) is 200 Å². The van der Waals surface area contributed by atoms with Crippen LogP contribution in [0, 0.1) is 0 Å². The maximum absolute atomic E-state index is 2.64. The topological polar surface area (TPSA) is 4.93 Å². The maximum Gasteiger partial charge on any atom is 0.247 e. The van der Waals surface area contributed by atoms with Gasteiger partial charge in [0.2, 0.25) is 6.71 Å². The molecule has 0 saturated heterocycles. The predicted octanol–water partition coefficient (Wildman–Crippen LogP) is 14.2. The van der Waals surface area contributed by atoms with Crippen LogP contribution in [0.25, 0.3) is 81.0 Å². The molecular weight excluding hydrogens is 806 g/mol. The summed E-state index contributed by atoms with van der Waals surface area (Å²) in [5.41, 5.74) is 18.5. The number of benzene rings is 9. The summed E-state index contributed by atoms with van der Waals surface area (Å²) in [7, 11) is 0. The third kappa shape index (κ3) is 4.79. The second kappa shape index (κ2) is 12.9. The second-order valence-corrected chi connectivity index (χ2v) is 20.7. The van der Waals surface area contributed by atoms with E-state index in [1.54, 1.807) is 0 Å². The summed E-state index contributed by atoms with van der Waals surface area (Å²) in [4.78, 5) is 5.36. The Balaban J connectivity index is 1.08. The first-order valence-electron chi connectivity index (χ1n) is 21.4. The Morgan fingerprint density at radius 3 is 1.76 bits per heavy atom. The standard InChI is InChI=1S/C57H36BNS3/c1-57(2)41-22-12-9-19-38(41)51-53(57)50-39-20-10-13-23-44(39)59(55(50)52-40-21-11-14-24-45(40)62-56(51)52)37-31-48-54-49(32-37)61-47-30-36(34-17-7-4-8-18-34)26-28-43(47)58(54)42-27-25-35(29-46(42)60-48)33-15-5-3-6-16-33/h3-32H,1-2H3. The maximum atomic E-state index is 2.64. The summed E-state index contributed by atoms with van der Waals surface area (Å²) in [6.07, 6.45) is 0. The lowest BCUT2D eigenvalue weighted by Gasteiger charge is -2.34. The number of hydrogen-bond acceptors (Lipinski definition) is 3. The average molecular weight is 842 g/mol. The monoisotopic (exact) mass is 841 g/mol. The molecule has 0 radical (unpaired) electrons. The van der Waals surface area contributed by atoms with Gasteiger partial charge in [0.05, 0.1) is 11.0 Å². The molecule has 11 aromatic rings. The minimum absolute atomic E-state index is 0.143. The quantitative estimate of drug-likeness (QED) is 0.163. The number of thiophene rings is 1. The molecule has 0 bridgehead atoms. The molecule has 9 aromatic carbocycles. The molecule has 0 saturated carbocycles. The van der Waals surface area contributed by atoms with E-state index in [1.807, 2.05) is 34.9 Å². The first kappa shape index (κ1) is 35.4. The van der Waals surface area contributed by atoms with Crippen LogP contribution in [0.15, 0.2) is 202 Å². The van der Waals surface area contributed by atoms with Gasteiger partial charge in [-0.3, -0.25) is 0 Å². The average Bonchev–Trinajstić information content (AvgIpc) is 3.94. The van der Waals surface area contributed by atoms with Gasteiger partial charge in [0.25, 0.3) is 0 Å². The summed E-state index contributed by atoms with van der Waals surface area (Å²) >= 11 is 5.86. The molecule has 4 heterocycles. The summed E-state index contributed by atoms with van der Waals surface area (Å²) in [5.74, 6) is 0. The fourth-order valence-electron chi connectivity index (χ4n) is 11.2. The highest BCUT2D eigenvalue weighted by Crippen LogP contribution is 2.59. The molecule has 2 aromatic heterocycles. The van der Waals surface area contributed by atoms with Crippen LogP contribution in [0.2, 0.25) is 0 Å². The third-order valence-electron chi connectivity index (χ3n) is 13.9. The highest BCUT2D eigenvalue weighted by molar-refractivity contribution is 8.01. The molecule has 5 heteroatoms. The van der Waals surface area contributed by atoms with Gasteiger partial charge in [-0.1, -0.05) is 194 Å². The first-order valence-corrected chi connectivity index (χ1v) is 23.9. The van der Waals surface area contributed by atoms with Crippen molar-refractivity contribution in [1.82, 2.24) is 4.57 Å². The summed E-state index contributed by atoms with van der Waals surface area (Å²) < 4.78 is 5.37. The van der Waals surface area contributed by atoms with E-state index < -0.39 is 0 Å². The van der Waals surface area contributed by atoms with Gasteiger partial charge in [0.15, 0.2) is 0 Å². The SMILES string of the molecule is CC1(C)c2ccccc2-c2c1c1c3ccccc3n(-c3cc4c5c(c3)Sc3cc(-c6ccccc6)ccc3B5c3ccc(-c5ccccc5)cc3S4)c1c1c2sc2ccccc21. The van der Waals surface area contributed by atoms with E-state index in [1.165, 1.54) is 128 Å². The van der Waals surface area contributed by atoms with Crippen molar-refractivity contribution in [3.05, 3.63) is 193 Å². The molecule has 0 amide bonds. The molecule has 0 unspecified atom stereocenters. The first-order chi connectivity index (χ1) is 30.5. The second-order valence-electron chi connectivity index (χ2n) is 17.5. The van der Waals surface area contributed by atoms with Gasteiger partial charge < -0.3 is 4.57 Å². The van der Waals surface area contributed by atoms with E-state index in [0.29, 0.717) is 0 Å². The molecule has 1 aliphatic carbocycles. The van der Waals surface area contributed by atoms with Crippen LogP contribution in [0.5, 0.6) is 0 Å². The molecule has 14 rings (SSSR count). The van der Waals surface area contributed by atoms with Crippen molar-refractivity contribution in [2.45, 2.75) is 38.8 Å². The lowest BCUT2D eigenvalue weighted by molar-refractivity contribution is 0.667. The molecule has 0 spiro atoms. The van der Waals surface area contributed by atoms with E-state index in [0.717, 1.165) is 0 Å². The van der Waals surface area contributed by atoms with Crippen LogP contribution >= 0.6 is 34.9 Å². The van der Waals surface area contributed by atoms with Crippen molar-refractivity contribution in [2.24, 2.45) is 0 Å². The largest absolute Gasteiger partial charge is 0.308 e. The Hall–Kier alpha value is -6.24. The highest BCUT2D eigenvalue weighted by Gasteiger charge is 2.42. The van der Waals surface area contributed by atoms with Crippen molar-refractivity contribution in [2.75, 3.05) is 0 Å². The van der Waals surface area contributed by atoms with E-state index in [4.69, 9.17) is 0 Å². The zero-order valence-corrected chi connectivity index (χ0v) is 36.5. The van der Waals surface area contributed by atoms with Crippen molar-refractivity contribution < 1.29 is 0 Å². The van der Waals surface area contributed by atoms with Gasteiger partial charge in [-0.2, -0.15) is 0 Å². The number of rotatable bonds is 3. The fourth-order valence-corrected chi connectivity index (χ4v) is 15.0. The molecular formula is C57H36BNS3. The highest BCUT2D eigenvalue weighted by atomic mass is 32.2. The van der Waals surface area contributed by atoms with Crippen LogP contribution in [0.4, 0.5) is 0 Å². The molecule has 2 aliphatic heterocycles. The summed E-state index contributed by atoms with van der Waals surface area (Å²) in [5, 5.41) is 5.40. The Bertz CT molecular complexity index is 3610. The molecule has 3 aliphatic rings. The van der Waals surface area contributed by atoms with Crippen LogP contribution in [0.3, 0.4) is 0 Å². The van der Waals surface area contributed by atoms with E-state index in [9.17, 15) is 0 Å². The number of nitrogens with zero attached hydrogens (tertiary/aromatic N) is 1. The third-order valence-corrected chi connectivity index (χ3v) is 17.3. The number of fused-ring (bicyclic) bond motifs is 16. The molecule has 62 heavy (non-hydrogen) atoms. The number of aromatic nitrogens is 1. The lowest BCUT2D eigenvalue weighted by Crippen LogP contribution is -2.58. The van der Waals surface area contributed by atoms with Gasteiger partial charge >= 0.3 is 0 Å². The van der Waals surface area contributed by atoms with Gasteiger partial charge in [-0.05, 0) is 80.8 Å². The summed E-state index contributed by atoms with van der Waals surface area (Å²) in [6, 6.07) is 68.5. The van der Waals surface area contributed by atoms with Gasteiger partial charge in [-0.15, -0.1) is 11.3 Å². The zero-order valence-electron chi connectivity index (χ0n) is 34.1. The Kier molecular flexibility index (Phi) is 7.36. The lowest BCUT2D eigenvalue weighted by atomic mass is 9.36. The predicted molar refractivity (Wildman–Crippen MR) is 268 cm³/mol. The molecule has 0 N–H and O–H groups in total. The Labute approximate surface area is 373 Å². The van der Waals surface area contributed by atoms with E-state index >= 15 is 0 Å². The minimum Gasteiger partial charge on any atom is -0.308 e. The smallest absolute Gasteiger partial charge is 0.247 e. The van der Waals surface area contributed by atoms with Crippen LogP contribution in [0.1, 0.15) is 25.0 Å². The Morgan fingerprint density at radius 2 is 1.08 bits per heavy atom. The number of para-hydroxylation sites is 1. The normalized spacial score (nSPS) is 14.3. The number of hydrogen-bond donors (Lipinski definition) is 0. The molecule has 0 atom stereocenters. The molecule has 290 valence electrons. The summed E-state index contributed by atoms with van der Waals surface area (Å²) in [6.45, 7) is 5.03. The van der Waals surface area contributed by atoms with Crippen LogP contribution < -0.4 is 16.4 Å². The van der Waals surface area contributed by atoms with E-state index in [-0.39, 0.29) is 12.1 Å².